The predicted molar refractivity (Wildman–Crippen MR) is 121 cm³/mol. The molecule has 0 spiro atoms. The Hall–Kier alpha value is -3.08. The van der Waals surface area contributed by atoms with Crippen molar-refractivity contribution in [2.45, 2.75) is 25.3 Å². The molecule has 0 unspecified atom stereocenters. The van der Waals surface area contributed by atoms with Gasteiger partial charge in [0.15, 0.2) is 5.78 Å². The monoisotopic (exact) mass is 470 g/mol. The fourth-order valence-corrected chi connectivity index (χ4v) is 5.17. The van der Waals surface area contributed by atoms with Gasteiger partial charge in [-0.15, -0.1) is 0 Å². The summed E-state index contributed by atoms with van der Waals surface area (Å²) in [7, 11) is -3.67. The van der Waals surface area contributed by atoms with E-state index in [4.69, 9.17) is 9.26 Å². The molecule has 0 atom stereocenters. The lowest BCUT2D eigenvalue weighted by atomic mass is 10.2. The van der Waals surface area contributed by atoms with Crippen LogP contribution in [0.25, 0.3) is 11.4 Å². The maximum Gasteiger partial charge on any atom is 0.243 e. The number of nitrogens with zero attached hydrogens (tertiary/aromatic N) is 4. The zero-order valence-electron chi connectivity index (χ0n) is 18.6. The van der Waals surface area contributed by atoms with Crippen LogP contribution in [-0.2, 0) is 16.6 Å². The molecule has 0 radical (unpaired) electrons. The van der Waals surface area contributed by atoms with Crippen molar-refractivity contribution in [2.24, 2.45) is 0 Å². The van der Waals surface area contributed by atoms with Gasteiger partial charge in [0.05, 0.1) is 23.6 Å². The Bertz CT molecular complexity index is 1230. The molecule has 33 heavy (non-hydrogen) atoms. The summed E-state index contributed by atoms with van der Waals surface area (Å²) in [4.78, 5) is 18.3. The minimum atomic E-state index is -3.67. The standard InChI is InChI=1S/C23H26N4O5S/c1-3-31-21-10-5-4-9-20(21)23-24-22(32-25-23)16-26-11-13-27(14-12-26)33(29,30)19-8-6-7-18(15-19)17(2)28/h4-10,15H,3,11-14,16H2,1-2H3. The van der Waals surface area contributed by atoms with Crippen LogP contribution >= 0.6 is 0 Å². The lowest BCUT2D eigenvalue weighted by Crippen LogP contribution is -2.48. The van der Waals surface area contributed by atoms with E-state index in [1.54, 1.807) is 12.1 Å². The summed E-state index contributed by atoms with van der Waals surface area (Å²) in [6.45, 7) is 6.02. The highest BCUT2D eigenvalue weighted by Gasteiger charge is 2.29. The van der Waals surface area contributed by atoms with Crippen molar-refractivity contribution >= 4 is 15.8 Å². The lowest BCUT2D eigenvalue weighted by molar-refractivity contribution is 0.101. The van der Waals surface area contributed by atoms with Crippen LogP contribution in [0.3, 0.4) is 0 Å². The van der Waals surface area contributed by atoms with Crippen molar-refractivity contribution in [3.8, 4) is 17.1 Å². The predicted octanol–water partition coefficient (Wildman–Crippen LogP) is 2.84. The SMILES string of the molecule is CCOc1ccccc1-c1noc(CN2CCN(S(=O)(=O)c3cccc(C(C)=O)c3)CC2)n1. The summed E-state index contributed by atoms with van der Waals surface area (Å²) in [5.41, 5.74) is 1.14. The maximum absolute atomic E-state index is 13.0. The van der Waals surface area contributed by atoms with E-state index >= 15 is 0 Å². The van der Waals surface area contributed by atoms with E-state index in [1.807, 2.05) is 31.2 Å². The number of Topliss-reactive ketones (excluding diaryl/α,β-unsaturated/α-hetero) is 1. The van der Waals surface area contributed by atoms with Gasteiger partial charge in [0.1, 0.15) is 5.75 Å². The molecule has 1 saturated heterocycles. The molecule has 1 aromatic heterocycles. The molecule has 3 aromatic rings. The van der Waals surface area contributed by atoms with Gasteiger partial charge in [0, 0.05) is 31.7 Å². The summed E-state index contributed by atoms with van der Waals surface area (Å²) >= 11 is 0. The first-order valence-corrected chi connectivity index (χ1v) is 12.2. The maximum atomic E-state index is 13.0. The summed E-state index contributed by atoms with van der Waals surface area (Å²) in [6.07, 6.45) is 0. The van der Waals surface area contributed by atoms with Crippen molar-refractivity contribution < 1.29 is 22.5 Å². The zero-order valence-corrected chi connectivity index (χ0v) is 19.4. The normalized spacial score (nSPS) is 15.5. The van der Waals surface area contributed by atoms with Gasteiger partial charge in [0.25, 0.3) is 0 Å². The minimum Gasteiger partial charge on any atom is -0.493 e. The smallest absolute Gasteiger partial charge is 0.243 e. The molecule has 1 fully saturated rings. The first-order valence-electron chi connectivity index (χ1n) is 10.8. The Morgan fingerprint density at radius 2 is 1.85 bits per heavy atom. The van der Waals surface area contributed by atoms with Gasteiger partial charge in [0.2, 0.25) is 21.7 Å². The van der Waals surface area contributed by atoms with Crippen LogP contribution in [0.5, 0.6) is 5.75 Å². The van der Waals surface area contributed by atoms with Gasteiger partial charge < -0.3 is 9.26 Å². The Kier molecular flexibility index (Phi) is 6.87. The van der Waals surface area contributed by atoms with E-state index in [2.05, 4.69) is 15.0 Å². The van der Waals surface area contributed by atoms with Crippen LogP contribution in [-0.4, -0.2) is 66.3 Å². The summed E-state index contributed by atoms with van der Waals surface area (Å²) in [6, 6.07) is 13.7. The molecule has 2 aromatic carbocycles. The van der Waals surface area contributed by atoms with Gasteiger partial charge >= 0.3 is 0 Å². The van der Waals surface area contributed by atoms with E-state index < -0.39 is 10.0 Å². The zero-order chi connectivity index (χ0) is 23.4. The van der Waals surface area contributed by atoms with E-state index in [0.717, 1.165) is 5.56 Å². The van der Waals surface area contributed by atoms with Gasteiger partial charge in [-0.3, -0.25) is 9.69 Å². The topological polar surface area (TPSA) is 106 Å². The second-order valence-electron chi connectivity index (χ2n) is 7.71. The number of piperazine rings is 1. The highest BCUT2D eigenvalue weighted by molar-refractivity contribution is 7.89. The van der Waals surface area contributed by atoms with E-state index in [9.17, 15) is 13.2 Å². The molecule has 1 aliphatic rings. The second kappa shape index (κ2) is 9.82. The number of benzene rings is 2. The number of rotatable bonds is 8. The van der Waals surface area contributed by atoms with Crippen LogP contribution < -0.4 is 4.74 Å². The van der Waals surface area contributed by atoms with Crippen molar-refractivity contribution in [1.82, 2.24) is 19.3 Å². The van der Waals surface area contributed by atoms with Gasteiger partial charge in [-0.1, -0.05) is 29.4 Å². The van der Waals surface area contributed by atoms with Crippen LogP contribution in [0.4, 0.5) is 0 Å². The van der Waals surface area contributed by atoms with Crippen molar-refractivity contribution in [3.05, 3.63) is 60.0 Å². The van der Waals surface area contributed by atoms with Crippen molar-refractivity contribution in [1.29, 1.82) is 0 Å². The Balaban J connectivity index is 1.39. The molecule has 4 rings (SSSR count). The quantitative estimate of drug-likeness (QED) is 0.463. The summed E-state index contributed by atoms with van der Waals surface area (Å²) < 4.78 is 38.5. The molecule has 2 heterocycles. The van der Waals surface area contributed by atoms with Gasteiger partial charge in [-0.2, -0.15) is 9.29 Å². The minimum absolute atomic E-state index is 0.137. The average Bonchev–Trinajstić information content (AvgIpc) is 3.28. The third kappa shape index (κ3) is 5.13. The average molecular weight is 471 g/mol. The summed E-state index contributed by atoms with van der Waals surface area (Å²) in [5.74, 6) is 1.45. The van der Waals surface area contributed by atoms with Crippen LogP contribution in [0.2, 0.25) is 0 Å². The van der Waals surface area contributed by atoms with Gasteiger partial charge in [-0.05, 0) is 38.1 Å². The third-order valence-electron chi connectivity index (χ3n) is 5.46. The molecule has 9 nitrogen and oxygen atoms in total. The van der Waals surface area contributed by atoms with Crippen LogP contribution in [0.1, 0.15) is 30.1 Å². The second-order valence-corrected chi connectivity index (χ2v) is 9.64. The third-order valence-corrected chi connectivity index (χ3v) is 7.36. The molecular formula is C23H26N4O5S. The number of hydrogen-bond donors (Lipinski definition) is 0. The molecular weight excluding hydrogens is 444 g/mol. The van der Waals surface area contributed by atoms with Crippen LogP contribution in [0.15, 0.2) is 57.9 Å². The molecule has 10 heteroatoms. The van der Waals surface area contributed by atoms with Crippen molar-refractivity contribution in [3.63, 3.8) is 0 Å². The van der Waals surface area contributed by atoms with Crippen molar-refractivity contribution in [2.75, 3.05) is 32.8 Å². The highest BCUT2D eigenvalue weighted by Crippen LogP contribution is 2.28. The number of carbonyl (C=O) groups excluding carboxylic acids is 1. The first-order chi connectivity index (χ1) is 15.9. The number of sulfonamides is 1. The number of aromatic nitrogens is 2. The van der Waals surface area contributed by atoms with E-state index in [0.29, 0.717) is 62.4 Å². The fraction of sp³-hybridized carbons (Fsp3) is 0.348. The molecule has 0 saturated carbocycles. The van der Waals surface area contributed by atoms with E-state index in [-0.39, 0.29) is 10.7 Å². The highest BCUT2D eigenvalue weighted by atomic mass is 32.2. The number of ketones is 1. The molecule has 0 aliphatic carbocycles. The largest absolute Gasteiger partial charge is 0.493 e. The first kappa shape index (κ1) is 23.1. The molecule has 1 aliphatic heterocycles. The van der Waals surface area contributed by atoms with Gasteiger partial charge in [-0.25, -0.2) is 8.42 Å². The number of ether oxygens (including phenoxy) is 1. The van der Waals surface area contributed by atoms with Crippen LogP contribution in [0, 0.1) is 0 Å². The Morgan fingerprint density at radius 1 is 1.09 bits per heavy atom. The number of carbonyl (C=O) groups is 1. The number of para-hydroxylation sites is 1. The van der Waals surface area contributed by atoms with E-state index in [1.165, 1.54) is 23.4 Å². The molecule has 0 amide bonds. The number of hydrogen-bond acceptors (Lipinski definition) is 8. The Morgan fingerprint density at radius 3 is 2.58 bits per heavy atom. The Labute approximate surface area is 193 Å². The molecule has 0 N–H and O–H groups in total. The molecule has 174 valence electrons. The fourth-order valence-electron chi connectivity index (χ4n) is 3.71. The lowest BCUT2D eigenvalue weighted by Gasteiger charge is -2.33. The summed E-state index contributed by atoms with van der Waals surface area (Å²) in [5, 5.41) is 4.08. The molecule has 0 bridgehead atoms.